The van der Waals surface area contributed by atoms with E-state index in [1.165, 1.54) is 22.3 Å². The van der Waals surface area contributed by atoms with Crippen molar-refractivity contribution in [2.45, 2.75) is 91.9 Å². The van der Waals surface area contributed by atoms with Gasteiger partial charge in [0.25, 0.3) is 0 Å². The maximum absolute atomic E-state index is 7.01. The second-order valence-corrected chi connectivity index (χ2v) is 25.3. The average molecular weight is 1070 g/mol. The Morgan fingerprint density at radius 1 is 0.305 bits per heavy atom. The van der Waals surface area contributed by atoms with Crippen LogP contribution >= 0.6 is 0 Å². The van der Waals surface area contributed by atoms with E-state index in [9.17, 15) is 0 Å². The molecule has 0 bridgehead atoms. The van der Waals surface area contributed by atoms with Gasteiger partial charge in [0.1, 0.15) is 33.5 Å². The van der Waals surface area contributed by atoms with Crippen molar-refractivity contribution in [1.82, 2.24) is 0 Å². The van der Waals surface area contributed by atoms with Gasteiger partial charge in [-0.25, -0.2) is 0 Å². The Hall–Kier alpha value is -9.26. The first-order valence-corrected chi connectivity index (χ1v) is 28.9. The minimum atomic E-state index is -0.0904. The number of hydrogen-bond donors (Lipinski definition) is 0. The fourth-order valence-electron chi connectivity index (χ4n) is 12.9. The number of furan rings is 4. The summed E-state index contributed by atoms with van der Waals surface area (Å²) in [7, 11) is 0. The van der Waals surface area contributed by atoms with E-state index < -0.39 is 0 Å². The first-order chi connectivity index (χ1) is 39.5. The van der Waals surface area contributed by atoms with Crippen molar-refractivity contribution in [2.24, 2.45) is 0 Å². The summed E-state index contributed by atoms with van der Waals surface area (Å²) in [5, 5.41) is 13.0. The van der Waals surface area contributed by atoms with Crippen molar-refractivity contribution in [3.8, 4) is 0 Å². The molecular formula is C76H64N2O4. The molecule has 15 rings (SSSR count). The number of benzene rings is 11. The number of para-hydroxylation sites is 4. The van der Waals surface area contributed by atoms with E-state index >= 15 is 0 Å². The molecule has 0 saturated heterocycles. The van der Waals surface area contributed by atoms with Gasteiger partial charge in [0, 0.05) is 77.0 Å². The Morgan fingerprint density at radius 3 is 1.05 bits per heavy atom. The zero-order valence-electron chi connectivity index (χ0n) is 48.2. The predicted octanol–water partition coefficient (Wildman–Crippen LogP) is 23.4. The summed E-state index contributed by atoms with van der Waals surface area (Å²) in [6.07, 6.45) is 0. The summed E-state index contributed by atoms with van der Waals surface area (Å²) < 4.78 is 27.7. The van der Waals surface area contributed by atoms with E-state index in [0.717, 1.165) is 143 Å². The van der Waals surface area contributed by atoms with Crippen LogP contribution in [0.5, 0.6) is 0 Å². The van der Waals surface area contributed by atoms with Crippen LogP contribution in [0.3, 0.4) is 0 Å². The van der Waals surface area contributed by atoms with Gasteiger partial charge in [-0.15, -0.1) is 0 Å². The maximum atomic E-state index is 7.01. The summed E-state index contributed by atoms with van der Waals surface area (Å²) in [6, 6.07) is 70.7. The average Bonchev–Trinajstić information content (AvgIpc) is 3.57. The van der Waals surface area contributed by atoms with Crippen LogP contribution in [0.1, 0.15) is 103 Å². The van der Waals surface area contributed by atoms with Crippen LogP contribution in [0.2, 0.25) is 0 Å². The van der Waals surface area contributed by atoms with Crippen LogP contribution in [-0.4, -0.2) is 0 Å². The summed E-state index contributed by atoms with van der Waals surface area (Å²) in [6.45, 7) is 22.4. The SMILES string of the molecule is CC(C)c1ccc(N(c2ccc3cc4c(cc3c2)oc2ccc3oc5cc6cc(N(c7ccc(C(C)C)cc7)c7cccc8c7oc7c(C(C)(C)C)cccc78)ccc6cc5c3c24)c2cccc3c2oc2c(C(C)(C)C)cccc23)cc1. The van der Waals surface area contributed by atoms with E-state index in [0.29, 0.717) is 11.8 Å². The van der Waals surface area contributed by atoms with Gasteiger partial charge in [-0.05, 0) is 152 Å². The van der Waals surface area contributed by atoms with Gasteiger partial charge in [0.2, 0.25) is 0 Å². The fraction of sp³-hybridized carbons (Fsp3) is 0.184. The molecule has 0 amide bonds. The van der Waals surface area contributed by atoms with Crippen molar-refractivity contribution in [2.75, 3.05) is 9.80 Å². The molecule has 82 heavy (non-hydrogen) atoms. The molecule has 0 atom stereocenters. The molecule has 0 N–H and O–H groups in total. The lowest BCUT2D eigenvalue weighted by Gasteiger charge is -2.26. The zero-order chi connectivity index (χ0) is 56.1. The van der Waals surface area contributed by atoms with Crippen molar-refractivity contribution in [3.05, 3.63) is 216 Å². The second-order valence-electron chi connectivity index (χ2n) is 25.3. The van der Waals surface area contributed by atoms with Crippen LogP contribution in [-0.2, 0) is 10.8 Å². The number of hydrogen-bond acceptors (Lipinski definition) is 6. The lowest BCUT2D eigenvalue weighted by atomic mass is 9.86. The highest BCUT2D eigenvalue weighted by molar-refractivity contribution is 6.28. The van der Waals surface area contributed by atoms with E-state index in [2.05, 4.69) is 273 Å². The summed E-state index contributed by atoms with van der Waals surface area (Å²) in [4.78, 5) is 4.68. The summed E-state index contributed by atoms with van der Waals surface area (Å²) >= 11 is 0. The number of fused-ring (bicyclic) bond motifs is 15. The highest BCUT2D eigenvalue weighted by Crippen LogP contribution is 2.49. The van der Waals surface area contributed by atoms with Gasteiger partial charge >= 0.3 is 0 Å². The minimum Gasteiger partial charge on any atom is -0.456 e. The van der Waals surface area contributed by atoms with Gasteiger partial charge in [-0.3, -0.25) is 0 Å². The molecule has 11 aromatic carbocycles. The molecule has 0 radical (unpaired) electrons. The van der Waals surface area contributed by atoms with Crippen LogP contribution in [0.4, 0.5) is 34.1 Å². The molecule has 0 saturated carbocycles. The van der Waals surface area contributed by atoms with Gasteiger partial charge < -0.3 is 27.5 Å². The molecule has 6 nitrogen and oxygen atoms in total. The second kappa shape index (κ2) is 18.1. The maximum Gasteiger partial charge on any atom is 0.159 e. The van der Waals surface area contributed by atoms with Gasteiger partial charge in [-0.1, -0.05) is 166 Å². The Morgan fingerprint density at radius 2 is 0.671 bits per heavy atom. The lowest BCUT2D eigenvalue weighted by molar-refractivity contribution is 0.572. The molecule has 402 valence electrons. The van der Waals surface area contributed by atoms with Gasteiger partial charge in [0.15, 0.2) is 11.2 Å². The molecule has 0 spiro atoms. The zero-order valence-corrected chi connectivity index (χ0v) is 48.2. The Balaban J connectivity index is 0.858. The highest BCUT2D eigenvalue weighted by atomic mass is 16.3. The molecule has 0 unspecified atom stereocenters. The van der Waals surface area contributed by atoms with Gasteiger partial charge in [0.05, 0.1) is 11.4 Å². The third-order valence-electron chi connectivity index (χ3n) is 17.2. The lowest BCUT2D eigenvalue weighted by Crippen LogP contribution is -2.11. The molecule has 6 heteroatoms. The third kappa shape index (κ3) is 7.82. The third-order valence-corrected chi connectivity index (χ3v) is 17.2. The van der Waals surface area contributed by atoms with Crippen molar-refractivity contribution < 1.29 is 17.7 Å². The summed E-state index contributed by atoms with van der Waals surface area (Å²) in [5.74, 6) is 0.821. The number of rotatable bonds is 8. The van der Waals surface area contributed by atoms with Crippen molar-refractivity contribution in [1.29, 1.82) is 0 Å². The number of anilines is 6. The molecular weight excluding hydrogens is 1000 g/mol. The minimum absolute atomic E-state index is 0.0904. The normalized spacial score (nSPS) is 12.7. The molecule has 15 aromatic rings. The monoisotopic (exact) mass is 1070 g/mol. The van der Waals surface area contributed by atoms with E-state index in [4.69, 9.17) is 17.7 Å². The quantitative estimate of drug-likeness (QED) is 0.151. The largest absolute Gasteiger partial charge is 0.456 e. The predicted molar refractivity (Wildman–Crippen MR) is 346 cm³/mol. The van der Waals surface area contributed by atoms with Crippen LogP contribution in [0.25, 0.3) is 109 Å². The standard InChI is InChI=1S/C76H64N2O4/c1-43(2)45-23-29-51(30-24-45)77(63-21-13-17-57-55-15-11-19-61(75(5,6)7)71(55)81-73(57)63)53-33-27-47-39-59-67(41-49(47)37-53)79-65-35-36-66-70(69(59)65)60-40-48-28-34-54(38-50(48)42-68(60)80-66)78(52-31-25-46(26-32-52)44(3)4)64-22-14-18-58-56-16-12-20-62(76(8,9)10)72(56)82-74(58)64/h11-44H,1-10H3. The molecule has 0 aliphatic rings. The fourth-order valence-corrected chi connectivity index (χ4v) is 12.9. The van der Waals surface area contributed by atoms with E-state index in [-0.39, 0.29) is 10.8 Å². The first kappa shape index (κ1) is 49.8. The summed E-state index contributed by atoms with van der Waals surface area (Å²) in [5.41, 5.74) is 17.8. The van der Waals surface area contributed by atoms with Crippen molar-refractivity contribution >= 4 is 143 Å². The molecule has 0 fully saturated rings. The Kier molecular flexibility index (Phi) is 11.0. The smallest absolute Gasteiger partial charge is 0.159 e. The number of nitrogens with zero attached hydrogens (tertiary/aromatic N) is 2. The van der Waals surface area contributed by atoms with Crippen molar-refractivity contribution in [3.63, 3.8) is 0 Å². The van der Waals surface area contributed by atoms with E-state index in [1.807, 2.05) is 0 Å². The van der Waals surface area contributed by atoms with Crippen LogP contribution in [0.15, 0.2) is 212 Å². The Labute approximate surface area is 476 Å². The van der Waals surface area contributed by atoms with Crippen LogP contribution in [0, 0.1) is 0 Å². The Bertz CT molecular complexity index is 4750. The van der Waals surface area contributed by atoms with Crippen LogP contribution < -0.4 is 9.80 Å². The first-order valence-electron chi connectivity index (χ1n) is 28.9. The van der Waals surface area contributed by atoms with Gasteiger partial charge in [-0.2, -0.15) is 0 Å². The molecule has 0 aliphatic heterocycles. The molecule has 4 aromatic heterocycles. The van der Waals surface area contributed by atoms with E-state index in [1.54, 1.807) is 0 Å². The topological polar surface area (TPSA) is 59.0 Å². The molecule has 0 aliphatic carbocycles. The molecule has 4 heterocycles. The highest BCUT2D eigenvalue weighted by Gasteiger charge is 2.27.